The Balaban J connectivity index is 3.05. The normalized spacial score (nSPS) is 11.4. The lowest BCUT2D eigenvalue weighted by atomic mass is 10.1. The van der Waals surface area contributed by atoms with E-state index < -0.39 is 0 Å². The molecule has 0 aliphatic carbocycles. The van der Waals surface area contributed by atoms with Gasteiger partial charge in [0.15, 0.2) is 5.84 Å². The molecule has 0 heterocycles. The number of hydrazine groups is 1. The van der Waals surface area contributed by atoms with E-state index >= 15 is 0 Å². The van der Waals surface area contributed by atoms with Crippen molar-refractivity contribution in [3.63, 3.8) is 0 Å². The molecule has 1 aromatic rings. The molecule has 1 rings (SSSR count). The Hall–Kier alpha value is -1.59. The monoisotopic (exact) mass is 193 g/mol. The molecular weight excluding hydrogens is 178 g/mol. The molecule has 0 saturated heterocycles. The van der Waals surface area contributed by atoms with E-state index in [1.165, 1.54) is 0 Å². The van der Waals surface area contributed by atoms with E-state index in [2.05, 4.69) is 15.8 Å². The van der Waals surface area contributed by atoms with Gasteiger partial charge in [-0.05, 0) is 12.6 Å². The van der Waals surface area contributed by atoms with Crippen LogP contribution in [-0.2, 0) is 6.54 Å². The number of hydrazone groups is 1. The molecule has 0 aliphatic rings. The molecule has 0 aliphatic heterocycles. The number of nitrogens with zero attached hydrogens (tertiary/aromatic N) is 1. The van der Waals surface area contributed by atoms with Crippen LogP contribution in [0, 0.1) is 0 Å². The second-order valence-corrected chi connectivity index (χ2v) is 2.81. The van der Waals surface area contributed by atoms with Crippen molar-refractivity contribution in [1.29, 1.82) is 0 Å². The summed E-state index contributed by atoms with van der Waals surface area (Å²) in [6.45, 7) is 0.747. The standard InChI is InChI=1S/C9H15N5/c1-12-6-7-4-2-3-5-8(7)9(13-10)14-11/h2-5,12H,6,10-11H2,1H3,(H,13,14). The summed E-state index contributed by atoms with van der Waals surface area (Å²) in [5.41, 5.74) is 4.47. The van der Waals surface area contributed by atoms with E-state index in [1.807, 2.05) is 31.3 Å². The summed E-state index contributed by atoms with van der Waals surface area (Å²) in [5.74, 6) is 11.0. The van der Waals surface area contributed by atoms with E-state index in [1.54, 1.807) is 0 Å². The van der Waals surface area contributed by atoms with Gasteiger partial charge in [-0.3, -0.25) is 0 Å². The van der Waals surface area contributed by atoms with Crippen LogP contribution < -0.4 is 22.4 Å². The lowest BCUT2D eigenvalue weighted by Gasteiger charge is -2.09. The van der Waals surface area contributed by atoms with Gasteiger partial charge in [-0.1, -0.05) is 24.3 Å². The Kier molecular flexibility index (Phi) is 3.90. The summed E-state index contributed by atoms with van der Waals surface area (Å²) in [5, 5.41) is 6.64. The van der Waals surface area contributed by atoms with E-state index in [0.717, 1.165) is 17.7 Å². The fourth-order valence-corrected chi connectivity index (χ4v) is 1.28. The maximum atomic E-state index is 5.30. The Morgan fingerprint density at radius 1 is 1.43 bits per heavy atom. The van der Waals surface area contributed by atoms with Crippen molar-refractivity contribution < 1.29 is 0 Å². The number of amidine groups is 1. The zero-order valence-electron chi connectivity index (χ0n) is 8.12. The molecule has 1 aromatic carbocycles. The lowest BCUT2D eigenvalue weighted by Crippen LogP contribution is -2.33. The van der Waals surface area contributed by atoms with Crippen molar-refractivity contribution in [3.8, 4) is 0 Å². The van der Waals surface area contributed by atoms with Gasteiger partial charge in [0, 0.05) is 12.1 Å². The van der Waals surface area contributed by atoms with Crippen LogP contribution in [0.1, 0.15) is 11.1 Å². The first-order chi connectivity index (χ1) is 6.83. The molecule has 0 aromatic heterocycles. The van der Waals surface area contributed by atoms with E-state index in [9.17, 15) is 0 Å². The molecule has 0 radical (unpaired) electrons. The zero-order chi connectivity index (χ0) is 10.4. The smallest absolute Gasteiger partial charge is 0.167 e. The molecule has 6 N–H and O–H groups in total. The third kappa shape index (κ3) is 2.21. The third-order valence-corrected chi connectivity index (χ3v) is 1.91. The predicted molar refractivity (Wildman–Crippen MR) is 57.3 cm³/mol. The molecule has 0 atom stereocenters. The van der Waals surface area contributed by atoms with Crippen LogP contribution in [0.15, 0.2) is 29.4 Å². The van der Waals surface area contributed by atoms with Gasteiger partial charge in [0.05, 0.1) is 0 Å². The van der Waals surface area contributed by atoms with Gasteiger partial charge in [0.1, 0.15) is 0 Å². The van der Waals surface area contributed by atoms with Crippen LogP contribution in [-0.4, -0.2) is 12.9 Å². The summed E-state index contributed by atoms with van der Waals surface area (Å²) in [6.07, 6.45) is 0. The number of hydrogen-bond acceptors (Lipinski definition) is 4. The minimum atomic E-state index is 0.482. The zero-order valence-corrected chi connectivity index (χ0v) is 8.12. The lowest BCUT2D eigenvalue weighted by molar-refractivity contribution is 0.814. The highest BCUT2D eigenvalue weighted by molar-refractivity contribution is 5.99. The first kappa shape index (κ1) is 10.5. The molecule has 0 unspecified atom stereocenters. The van der Waals surface area contributed by atoms with Gasteiger partial charge in [-0.15, -0.1) is 0 Å². The molecule has 0 bridgehead atoms. The van der Waals surface area contributed by atoms with Gasteiger partial charge in [0.25, 0.3) is 0 Å². The fraction of sp³-hybridized carbons (Fsp3) is 0.222. The largest absolute Gasteiger partial charge is 0.321 e. The van der Waals surface area contributed by atoms with E-state index in [4.69, 9.17) is 11.7 Å². The van der Waals surface area contributed by atoms with Gasteiger partial charge >= 0.3 is 0 Å². The van der Waals surface area contributed by atoms with Crippen molar-refractivity contribution in [2.45, 2.75) is 6.54 Å². The number of nitrogens with two attached hydrogens (primary N) is 2. The van der Waals surface area contributed by atoms with Crippen LogP contribution in [0.3, 0.4) is 0 Å². The van der Waals surface area contributed by atoms with E-state index in [0.29, 0.717) is 5.84 Å². The fourth-order valence-electron chi connectivity index (χ4n) is 1.28. The van der Waals surface area contributed by atoms with Crippen LogP contribution in [0.4, 0.5) is 0 Å². The van der Waals surface area contributed by atoms with Crippen LogP contribution in [0.2, 0.25) is 0 Å². The first-order valence-corrected chi connectivity index (χ1v) is 4.30. The second-order valence-electron chi connectivity index (χ2n) is 2.81. The Morgan fingerprint density at radius 3 is 2.71 bits per heavy atom. The van der Waals surface area contributed by atoms with Gasteiger partial charge in [-0.25, -0.2) is 5.84 Å². The van der Waals surface area contributed by atoms with Crippen LogP contribution >= 0.6 is 0 Å². The van der Waals surface area contributed by atoms with Crippen LogP contribution in [0.25, 0.3) is 0 Å². The minimum Gasteiger partial charge on any atom is -0.321 e. The third-order valence-electron chi connectivity index (χ3n) is 1.91. The van der Waals surface area contributed by atoms with Gasteiger partial charge in [-0.2, -0.15) is 5.10 Å². The molecule has 5 nitrogen and oxygen atoms in total. The average Bonchev–Trinajstić information content (AvgIpc) is 2.23. The Labute approximate surface area is 83.1 Å². The van der Waals surface area contributed by atoms with Crippen molar-refractivity contribution in [2.24, 2.45) is 16.8 Å². The highest BCUT2D eigenvalue weighted by atomic mass is 15.3. The quantitative estimate of drug-likeness (QED) is 0.225. The second kappa shape index (κ2) is 5.21. The number of benzene rings is 1. The molecule has 0 spiro atoms. The van der Waals surface area contributed by atoms with Crippen LogP contribution in [0.5, 0.6) is 0 Å². The summed E-state index contributed by atoms with van der Waals surface area (Å²) in [4.78, 5) is 0. The number of nitrogens with one attached hydrogen (secondary N) is 2. The molecule has 76 valence electrons. The Morgan fingerprint density at radius 2 is 2.14 bits per heavy atom. The van der Waals surface area contributed by atoms with E-state index in [-0.39, 0.29) is 0 Å². The van der Waals surface area contributed by atoms with Crippen molar-refractivity contribution in [3.05, 3.63) is 35.4 Å². The number of hydrogen-bond donors (Lipinski definition) is 4. The SMILES string of the molecule is CNCc1ccccc1/C(=N/N)NN. The predicted octanol–water partition coefficient (Wildman–Crippen LogP) is -0.510. The maximum absolute atomic E-state index is 5.30. The summed E-state index contributed by atoms with van der Waals surface area (Å²) in [6, 6.07) is 7.78. The minimum absolute atomic E-state index is 0.482. The topological polar surface area (TPSA) is 88.5 Å². The highest BCUT2D eigenvalue weighted by Gasteiger charge is 2.06. The Bertz CT molecular complexity index is 321. The number of rotatable bonds is 3. The van der Waals surface area contributed by atoms with Gasteiger partial charge in [0.2, 0.25) is 0 Å². The molecule has 0 fully saturated rings. The molecule has 0 amide bonds. The maximum Gasteiger partial charge on any atom is 0.167 e. The molecular formula is C9H15N5. The molecule has 0 saturated carbocycles. The van der Waals surface area contributed by atoms with Crippen molar-refractivity contribution in [2.75, 3.05) is 7.05 Å². The van der Waals surface area contributed by atoms with Gasteiger partial charge < -0.3 is 16.6 Å². The van der Waals surface area contributed by atoms with Crippen molar-refractivity contribution >= 4 is 5.84 Å². The van der Waals surface area contributed by atoms with Crippen molar-refractivity contribution in [1.82, 2.24) is 10.7 Å². The average molecular weight is 193 g/mol. The summed E-state index contributed by atoms with van der Waals surface area (Å²) >= 11 is 0. The summed E-state index contributed by atoms with van der Waals surface area (Å²) in [7, 11) is 1.88. The first-order valence-electron chi connectivity index (χ1n) is 4.30. The highest BCUT2D eigenvalue weighted by Crippen LogP contribution is 2.08. The molecule has 14 heavy (non-hydrogen) atoms. The molecule has 5 heteroatoms. The summed E-state index contributed by atoms with van der Waals surface area (Å²) < 4.78 is 0.